The van der Waals surface area contributed by atoms with E-state index in [4.69, 9.17) is 28.3 Å². The Hall–Kier alpha value is -0.420. The number of amides is 1. The lowest BCUT2D eigenvalue weighted by Crippen LogP contribution is -2.33. The van der Waals surface area contributed by atoms with Gasteiger partial charge in [-0.1, -0.05) is 23.2 Å². The van der Waals surface area contributed by atoms with Gasteiger partial charge in [-0.15, -0.1) is 11.8 Å². The number of aliphatic hydroxyl groups excluding tert-OH is 1. The van der Waals surface area contributed by atoms with Crippen molar-refractivity contribution in [2.24, 2.45) is 0 Å². The van der Waals surface area contributed by atoms with Gasteiger partial charge >= 0.3 is 0 Å². The van der Waals surface area contributed by atoms with E-state index in [0.717, 1.165) is 4.90 Å². The maximum Gasteiger partial charge on any atom is 0.253 e. The summed E-state index contributed by atoms with van der Waals surface area (Å²) in [6.07, 6.45) is 2.39. The molecule has 0 spiro atoms. The highest BCUT2D eigenvalue weighted by atomic mass is 35.5. The summed E-state index contributed by atoms with van der Waals surface area (Å²) in [5, 5.41) is 12.4. The van der Waals surface area contributed by atoms with Gasteiger partial charge in [0.1, 0.15) is 0 Å². The predicted molar refractivity (Wildman–Crippen MR) is 76.9 cm³/mol. The lowest BCUT2D eigenvalue weighted by atomic mass is 10.2. The van der Waals surface area contributed by atoms with Crippen molar-refractivity contribution < 1.29 is 9.90 Å². The van der Waals surface area contributed by atoms with Gasteiger partial charge in [0.15, 0.2) is 0 Å². The smallest absolute Gasteiger partial charge is 0.253 e. The van der Waals surface area contributed by atoms with Crippen LogP contribution in [0, 0.1) is 0 Å². The van der Waals surface area contributed by atoms with Crippen LogP contribution in [0.4, 0.5) is 0 Å². The van der Waals surface area contributed by atoms with E-state index < -0.39 is 0 Å². The van der Waals surface area contributed by atoms with Crippen LogP contribution in [0.5, 0.6) is 0 Å². The Kier molecular flexibility index (Phi) is 6.29. The Balaban J connectivity index is 2.91. The molecule has 0 aliphatic rings. The molecule has 100 valence electrons. The van der Waals surface area contributed by atoms with Gasteiger partial charge in [0.2, 0.25) is 0 Å². The van der Waals surface area contributed by atoms with Crippen LogP contribution in [-0.4, -0.2) is 29.9 Å². The lowest BCUT2D eigenvalue weighted by molar-refractivity contribution is 0.0934. The van der Waals surface area contributed by atoms with Gasteiger partial charge in [-0.2, -0.15) is 0 Å². The highest BCUT2D eigenvalue weighted by Gasteiger charge is 2.15. The van der Waals surface area contributed by atoms with Crippen LogP contribution in [0.25, 0.3) is 0 Å². The van der Waals surface area contributed by atoms with Crippen LogP contribution in [0.15, 0.2) is 17.0 Å². The van der Waals surface area contributed by atoms with E-state index in [1.54, 1.807) is 12.1 Å². The van der Waals surface area contributed by atoms with Gasteiger partial charge in [-0.05, 0) is 31.7 Å². The van der Waals surface area contributed by atoms with E-state index in [2.05, 4.69) is 5.32 Å². The number of hydrogen-bond acceptors (Lipinski definition) is 3. The van der Waals surface area contributed by atoms with E-state index in [1.807, 2.05) is 13.2 Å². The molecule has 0 heterocycles. The molecule has 3 nitrogen and oxygen atoms in total. The molecule has 2 N–H and O–H groups in total. The number of benzene rings is 1. The second kappa shape index (κ2) is 7.24. The summed E-state index contributed by atoms with van der Waals surface area (Å²) < 4.78 is 0. The molecule has 0 bridgehead atoms. The summed E-state index contributed by atoms with van der Waals surface area (Å²) in [7, 11) is 0. The average molecular weight is 308 g/mol. The van der Waals surface area contributed by atoms with Gasteiger partial charge in [0.25, 0.3) is 5.91 Å². The van der Waals surface area contributed by atoms with Crippen LogP contribution < -0.4 is 5.32 Å². The highest BCUT2D eigenvalue weighted by Crippen LogP contribution is 2.31. The Morgan fingerprint density at radius 1 is 1.44 bits per heavy atom. The number of carbonyl (C=O) groups is 1. The van der Waals surface area contributed by atoms with Gasteiger partial charge in [0.05, 0.1) is 15.6 Å². The van der Waals surface area contributed by atoms with Gasteiger partial charge in [0, 0.05) is 17.5 Å². The summed E-state index contributed by atoms with van der Waals surface area (Å²) in [6, 6.07) is 3.14. The summed E-state index contributed by atoms with van der Waals surface area (Å²) >= 11 is 13.5. The van der Waals surface area contributed by atoms with Crippen molar-refractivity contribution in [3.63, 3.8) is 0 Å². The Morgan fingerprint density at radius 2 is 2.11 bits per heavy atom. The van der Waals surface area contributed by atoms with Crippen LogP contribution >= 0.6 is 35.0 Å². The molecule has 0 radical (unpaired) electrons. The maximum atomic E-state index is 12.0. The zero-order valence-corrected chi connectivity index (χ0v) is 12.5. The second-order valence-electron chi connectivity index (χ2n) is 3.85. The van der Waals surface area contributed by atoms with Crippen molar-refractivity contribution in [1.82, 2.24) is 5.32 Å². The number of nitrogens with one attached hydrogen (secondary N) is 1. The van der Waals surface area contributed by atoms with Gasteiger partial charge in [-0.3, -0.25) is 4.79 Å². The zero-order valence-electron chi connectivity index (χ0n) is 10.2. The molecule has 0 saturated carbocycles. The van der Waals surface area contributed by atoms with Gasteiger partial charge < -0.3 is 10.4 Å². The largest absolute Gasteiger partial charge is 0.396 e. The molecule has 0 fully saturated rings. The third-order valence-corrected chi connectivity index (χ3v) is 3.94. The molecular weight excluding hydrogens is 293 g/mol. The Labute approximate surface area is 121 Å². The minimum Gasteiger partial charge on any atom is -0.396 e. The molecular formula is C12H15Cl2NO2S. The monoisotopic (exact) mass is 307 g/mol. The van der Waals surface area contributed by atoms with E-state index in [1.165, 1.54) is 11.8 Å². The Bertz CT molecular complexity index is 440. The minimum atomic E-state index is -0.257. The standard InChI is InChI=1S/C12H15Cl2NO2S/c1-7(3-4-16)15-12(17)8-5-11(18-2)10(14)6-9(8)13/h5-7,16H,3-4H2,1-2H3,(H,15,17). The minimum absolute atomic E-state index is 0.0336. The molecule has 0 aromatic heterocycles. The fraction of sp³-hybridized carbons (Fsp3) is 0.417. The molecule has 1 aromatic carbocycles. The highest BCUT2D eigenvalue weighted by molar-refractivity contribution is 7.98. The third kappa shape index (κ3) is 4.05. The molecule has 6 heteroatoms. The molecule has 18 heavy (non-hydrogen) atoms. The summed E-state index contributed by atoms with van der Waals surface area (Å²) in [4.78, 5) is 12.8. The SMILES string of the molecule is CSc1cc(C(=O)NC(C)CCO)c(Cl)cc1Cl. The van der Waals surface area contributed by atoms with E-state index in [-0.39, 0.29) is 18.6 Å². The number of thioether (sulfide) groups is 1. The van der Waals surface area contributed by atoms with Crippen LogP contribution in [0.3, 0.4) is 0 Å². The number of carbonyl (C=O) groups excluding carboxylic acids is 1. The third-order valence-electron chi connectivity index (χ3n) is 2.43. The number of halogens is 2. The van der Waals surface area contributed by atoms with Gasteiger partial charge in [-0.25, -0.2) is 0 Å². The molecule has 0 saturated heterocycles. The molecule has 0 aliphatic carbocycles. The first-order valence-electron chi connectivity index (χ1n) is 5.44. The molecule has 1 aromatic rings. The zero-order chi connectivity index (χ0) is 13.7. The summed E-state index contributed by atoms with van der Waals surface area (Å²) in [5.74, 6) is -0.257. The topological polar surface area (TPSA) is 49.3 Å². The normalized spacial score (nSPS) is 12.3. The second-order valence-corrected chi connectivity index (χ2v) is 5.52. The summed E-state index contributed by atoms with van der Waals surface area (Å²) in [6.45, 7) is 1.86. The van der Waals surface area contributed by atoms with Crippen LogP contribution in [0.2, 0.25) is 10.0 Å². The predicted octanol–water partition coefficient (Wildman–Crippen LogP) is 3.22. The molecule has 0 aliphatic heterocycles. The van der Waals surface area contributed by atoms with E-state index in [9.17, 15) is 4.79 Å². The van der Waals surface area contributed by atoms with Crippen molar-refractivity contribution >= 4 is 40.9 Å². The lowest BCUT2D eigenvalue weighted by Gasteiger charge is -2.14. The first kappa shape index (κ1) is 15.6. The van der Waals surface area contributed by atoms with Crippen molar-refractivity contribution in [2.45, 2.75) is 24.3 Å². The van der Waals surface area contributed by atoms with Crippen molar-refractivity contribution in [1.29, 1.82) is 0 Å². The fourth-order valence-electron chi connectivity index (χ4n) is 1.43. The molecule has 1 rings (SSSR count). The average Bonchev–Trinajstić information content (AvgIpc) is 2.29. The van der Waals surface area contributed by atoms with Crippen molar-refractivity contribution in [2.75, 3.05) is 12.9 Å². The first-order valence-corrected chi connectivity index (χ1v) is 7.42. The maximum absolute atomic E-state index is 12.0. The quantitative estimate of drug-likeness (QED) is 0.821. The number of aliphatic hydroxyl groups is 1. The first-order chi connectivity index (χ1) is 8.49. The van der Waals surface area contributed by atoms with Crippen LogP contribution in [-0.2, 0) is 0 Å². The van der Waals surface area contributed by atoms with Crippen LogP contribution in [0.1, 0.15) is 23.7 Å². The number of rotatable bonds is 5. The number of hydrogen-bond donors (Lipinski definition) is 2. The molecule has 1 unspecified atom stereocenters. The molecule has 1 amide bonds. The summed E-state index contributed by atoms with van der Waals surface area (Å²) in [5.41, 5.74) is 0.398. The molecule has 1 atom stereocenters. The van der Waals surface area contributed by atoms with E-state index in [0.29, 0.717) is 22.0 Å². The van der Waals surface area contributed by atoms with Crippen molar-refractivity contribution in [3.05, 3.63) is 27.7 Å². The van der Waals surface area contributed by atoms with Crippen molar-refractivity contribution in [3.8, 4) is 0 Å². The Morgan fingerprint density at radius 3 is 2.67 bits per heavy atom. The fourth-order valence-corrected chi connectivity index (χ4v) is 2.62. The van der Waals surface area contributed by atoms with E-state index >= 15 is 0 Å².